The molecule has 2 aromatic carbocycles. The Morgan fingerprint density at radius 2 is 1.44 bits per heavy atom. The number of phenols is 1. The van der Waals surface area contributed by atoms with E-state index in [1.165, 1.54) is 0 Å². The molecule has 34 heavy (non-hydrogen) atoms. The predicted octanol–water partition coefficient (Wildman–Crippen LogP) is 6.87. The number of hydrogen-bond donors (Lipinski definition) is 1. The van der Waals surface area contributed by atoms with Gasteiger partial charge in [0, 0.05) is 30.4 Å². The molecule has 0 aliphatic carbocycles. The minimum Gasteiger partial charge on any atom is -0.507 e. The zero-order valence-corrected chi connectivity index (χ0v) is 21.9. The van der Waals surface area contributed by atoms with E-state index in [2.05, 4.69) is 53.4 Å². The Labute approximate surface area is 205 Å². The fraction of sp³-hybridized carbons (Fsp3) is 0.517. The average Bonchev–Trinajstić information content (AvgIpc) is 2.73. The molecule has 0 fully saturated rings. The van der Waals surface area contributed by atoms with Crippen molar-refractivity contribution in [3.8, 4) is 5.75 Å². The van der Waals surface area contributed by atoms with Crippen LogP contribution in [-0.2, 0) is 4.74 Å². The summed E-state index contributed by atoms with van der Waals surface area (Å²) in [6.07, 6.45) is 2.81. The lowest BCUT2D eigenvalue weighted by Gasteiger charge is -2.36. The molecule has 2 rings (SSSR count). The lowest BCUT2D eigenvalue weighted by atomic mass is 9.91. The Kier molecular flexibility index (Phi) is 9.31. The van der Waals surface area contributed by atoms with Gasteiger partial charge in [0.05, 0.1) is 17.7 Å². The largest absolute Gasteiger partial charge is 0.507 e. The first-order chi connectivity index (χ1) is 15.8. The highest BCUT2D eigenvalue weighted by molar-refractivity contribution is 6.15. The smallest absolute Gasteiger partial charge is 0.338 e. The third kappa shape index (κ3) is 8.19. The van der Waals surface area contributed by atoms with Crippen LogP contribution in [0.25, 0.3) is 0 Å². The van der Waals surface area contributed by atoms with Crippen LogP contribution < -0.4 is 4.90 Å². The van der Waals surface area contributed by atoms with Gasteiger partial charge in [-0.25, -0.2) is 4.79 Å². The first kappa shape index (κ1) is 27.4. The summed E-state index contributed by atoms with van der Waals surface area (Å²) in [5.41, 5.74) is 1.60. The summed E-state index contributed by atoms with van der Waals surface area (Å²) in [5.74, 6) is -1.01. The third-order valence-corrected chi connectivity index (χ3v) is 5.29. The Morgan fingerprint density at radius 1 is 0.853 bits per heavy atom. The SMILES string of the molecule is CCCCCOC(=O)c1ccccc1C(=O)c1ccc(N(CC(C)(C)C)CC(C)(C)C)cc1O. The molecular formula is C29H41NO4. The minimum atomic E-state index is -0.516. The van der Waals surface area contributed by atoms with Crippen molar-refractivity contribution >= 4 is 17.4 Å². The van der Waals surface area contributed by atoms with E-state index in [0.717, 1.165) is 38.0 Å². The van der Waals surface area contributed by atoms with E-state index in [9.17, 15) is 14.7 Å². The summed E-state index contributed by atoms with van der Waals surface area (Å²) >= 11 is 0. The van der Waals surface area contributed by atoms with Gasteiger partial charge in [0.1, 0.15) is 5.75 Å². The second-order valence-electron chi connectivity index (χ2n) is 11.4. The lowest BCUT2D eigenvalue weighted by Crippen LogP contribution is -2.38. The molecular weight excluding hydrogens is 426 g/mol. The van der Waals surface area contributed by atoms with Crippen molar-refractivity contribution in [3.05, 3.63) is 59.2 Å². The second-order valence-corrected chi connectivity index (χ2v) is 11.4. The van der Waals surface area contributed by atoms with Crippen molar-refractivity contribution in [2.24, 2.45) is 10.8 Å². The van der Waals surface area contributed by atoms with E-state index >= 15 is 0 Å². The fourth-order valence-corrected chi connectivity index (χ4v) is 3.89. The number of anilines is 1. The van der Waals surface area contributed by atoms with E-state index < -0.39 is 11.8 Å². The quantitative estimate of drug-likeness (QED) is 0.235. The first-order valence-electron chi connectivity index (χ1n) is 12.2. The number of nitrogens with zero attached hydrogens (tertiary/aromatic N) is 1. The standard InChI is InChI=1S/C29H41NO4/c1-8-9-12-17-34-27(33)23-14-11-10-13-22(23)26(32)24-16-15-21(18-25(24)31)30(19-28(2,3)4)20-29(5,6)7/h10-11,13-16,18,31H,8-9,12,17,19-20H2,1-7H3. The molecule has 1 N–H and O–H groups in total. The van der Waals surface area contributed by atoms with Crippen molar-refractivity contribution in [1.82, 2.24) is 0 Å². The number of aromatic hydroxyl groups is 1. The number of esters is 1. The van der Waals surface area contributed by atoms with Crippen molar-refractivity contribution in [2.75, 3.05) is 24.6 Å². The molecule has 186 valence electrons. The number of rotatable bonds is 10. The van der Waals surface area contributed by atoms with Gasteiger partial charge in [-0.3, -0.25) is 4.79 Å². The van der Waals surface area contributed by atoms with Crippen LogP contribution in [0.1, 0.15) is 94.0 Å². The molecule has 0 aliphatic rings. The van der Waals surface area contributed by atoms with E-state index in [4.69, 9.17) is 4.74 Å². The number of ether oxygens (including phenoxy) is 1. The van der Waals surface area contributed by atoms with Crippen LogP contribution in [0.4, 0.5) is 5.69 Å². The molecule has 0 saturated carbocycles. The van der Waals surface area contributed by atoms with Crippen LogP contribution in [0.5, 0.6) is 5.75 Å². The molecule has 5 heteroatoms. The van der Waals surface area contributed by atoms with Crippen LogP contribution in [-0.4, -0.2) is 36.6 Å². The fourth-order valence-electron chi connectivity index (χ4n) is 3.89. The number of hydrogen-bond acceptors (Lipinski definition) is 5. The van der Waals surface area contributed by atoms with E-state index in [-0.39, 0.29) is 33.3 Å². The van der Waals surface area contributed by atoms with Crippen LogP contribution in [0.2, 0.25) is 0 Å². The predicted molar refractivity (Wildman–Crippen MR) is 139 cm³/mol. The zero-order chi connectivity index (χ0) is 25.5. The van der Waals surface area contributed by atoms with Gasteiger partial charge in [0.2, 0.25) is 0 Å². The molecule has 0 radical (unpaired) electrons. The van der Waals surface area contributed by atoms with Crippen LogP contribution >= 0.6 is 0 Å². The first-order valence-corrected chi connectivity index (χ1v) is 12.2. The summed E-state index contributed by atoms with van der Waals surface area (Å²) in [6, 6.07) is 11.8. The van der Waals surface area contributed by atoms with Crippen molar-refractivity contribution in [2.45, 2.75) is 67.7 Å². The second kappa shape index (κ2) is 11.5. The molecule has 0 heterocycles. The summed E-state index contributed by atoms with van der Waals surface area (Å²) in [7, 11) is 0. The third-order valence-electron chi connectivity index (χ3n) is 5.29. The molecule has 0 aliphatic heterocycles. The Balaban J connectivity index is 2.32. The molecule has 0 unspecified atom stereocenters. The van der Waals surface area contributed by atoms with Crippen molar-refractivity contribution in [1.29, 1.82) is 0 Å². The van der Waals surface area contributed by atoms with E-state index in [1.54, 1.807) is 36.4 Å². The zero-order valence-electron chi connectivity index (χ0n) is 21.9. The Bertz CT molecular complexity index is 966. The van der Waals surface area contributed by atoms with Crippen molar-refractivity contribution < 1.29 is 19.4 Å². The summed E-state index contributed by atoms with van der Waals surface area (Å²) in [4.78, 5) is 28.2. The van der Waals surface area contributed by atoms with E-state index in [1.807, 2.05) is 6.07 Å². The number of carbonyl (C=O) groups excluding carboxylic acids is 2. The topological polar surface area (TPSA) is 66.8 Å². The molecule has 0 atom stereocenters. The van der Waals surface area contributed by atoms with Gasteiger partial charge in [-0.2, -0.15) is 0 Å². The maximum Gasteiger partial charge on any atom is 0.338 e. The van der Waals surface area contributed by atoms with Gasteiger partial charge in [-0.1, -0.05) is 79.5 Å². The van der Waals surface area contributed by atoms with Crippen LogP contribution in [0, 0.1) is 10.8 Å². The monoisotopic (exact) mass is 467 g/mol. The molecule has 0 bridgehead atoms. The molecule has 2 aromatic rings. The number of ketones is 1. The van der Waals surface area contributed by atoms with Gasteiger partial charge < -0.3 is 14.7 Å². The van der Waals surface area contributed by atoms with Crippen LogP contribution in [0.3, 0.4) is 0 Å². The van der Waals surface area contributed by atoms with Gasteiger partial charge in [0.25, 0.3) is 0 Å². The van der Waals surface area contributed by atoms with Gasteiger partial charge in [-0.15, -0.1) is 0 Å². The van der Waals surface area contributed by atoms with Gasteiger partial charge >= 0.3 is 5.97 Å². The maximum absolute atomic E-state index is 13.3. The van der Waals surface area contributed by atoms with Crippen LogP contribution in [0.15, 0.2) is 42.5 Å². The minimum absolute atomic E-state index is 0.0613. The normalized spacial score (nSPS) is 11.9. The number of phenolic OH excluding ortho intramolecular Hbond substituents is 1. The molecule has 0 aromatic heterocycles. The molecule has 0 amide bonds. The van der Waals surface area contributed by atoms with E-state index in [0.29, 0.717) is 6.61 Å². The van der Waals surface area contributed by atoms with Gasteiger partial charge in [0.15, 0.2) is 5.78 Å². The summed E-state index contributed by atoms with van der Waals surface area (Å²) in [6.45, 7) is 17.1. The Morgan fingerprint density at radius 3 is 1.97 bits per heavy atom. The number of unbranched alkanes of at least 4 members (excludes halogenated alkanes) is 2. The summed E-state index contributed by atoms with van der Waals surface area (Å²) < 4.78 is 5.37. The number of carbonyl (C=O) groups is 2. The lowest BCUT2D eigenvalue weighted by molar-refractivity contribution is 0.0495. The Hall–Kier alpha value is -2.82. The van der Waals surface area contributed by atoms with Gasteiger partial charge in [-0.05, 0) is 35.4 Å². The average molecular weight is 468 g/mol. The molecule has 5 nitrogen and oxygen atoms in total. The molecule has 0 spiro atoms. The maximum atomic E-state index is 13.3. The summed E-state index contributed by atoms with van der Waals surface area (Å²) in [5, 5.41) is 10.8. The molecule has 0 saturated heterocycles. The van der Waals surface area contributed by atoms with Crippen molar-refractivity contribution in [3.63, 3.8) is 0 Å². The number of benzene rings is 2. The highest BCUT2D eigenvalue weighted by atomic mass is 16.5. The highest BCUT2D eigenvalue weighted by Crippen LogP contribution is 2.31. The highest BCUT2D eigenvalue weighted by Gasteiger charge is 2.25.